The predicted octanol–water partition coefficient (Wildman–Crippen LogP) is 3.35. The van der Waals surface area contributed by atoms with E-state index in [0.717, 1.165) is 31.2 Å². The molecule has 0 atom stereocenters. The Bertz CT molecular complexity index is 544. The van der Waals surface area contributed by atoms with Crippen LogP contribution < -0.4 is 10.6 Å². The Balaban J connectivity index is 0.00000220. The van der Waals surface area contributed by atoms with Crippen molar-refractivity contribution in [2.75, 3.05) is 13.6 Å². The van der Waals surface area contributed by atoms with Gasteiger partial charge in [-0.25, -0.2) is 4.98 Å². The van der Waals surface area contributed by atoms with Crippen molar-refractivity contribution in [3.63, 3.8) is 0 Å². The first kappa shape index (κ1) is 18.4. The maximum atomic E-state index is 4.54. The lowest BCUT2D eigenvalue weighted by atomic mass is 10.4. The average Bonchev–Trinajstić information content (AvgIpc) is 3.05. The Hall–Kier alpha value is -0.670. The van der Waals surface area contributed by atoms with Crippen molar-refractivity contribution in [2.24, 2.45) is 4.99 Å². The molecule has 0 aliphatic carbocycles. The molecule has 2 aromatic heterocycles. The van der Waals surface area contributed by atoms with Crippen LogP contribution in [0.1, 0.15) is 20.5 Å². The number of rotatable bonds is 5. The van der Waals surface area contributed by atoms with Gasteiger partial charge in [-0.3, -0.25) is 4.99 Å². The van der Waals surface area contributed by atoms with Gasteiger partial charge in [0.25, 0.3) is 0 Å². The first-order valence-corrected chi connectivity index (χ1v) is 8.28. The standard InChI is InChI=1S/C14H20N4S2.HI/c1-10-11(2)20-13(18-10)6-7-16-14(15-3)17-9-12-5-4-8-19-12;/h4-5,8H,6-7,9H2,1-3H3,(H2,15,16,17);1H. The third-order valence-corrected chi connectivity index (χ3v) is 4.95. The highest BCUT2D eigenvalue weighted by atomic mass is 127. The second-order valence-corrected chi connectivity index (χ2v) is 6.75. The minimum Gasteiger partial charge on any atom is -0.356 e. The third kappa shape index (κ3) is 5.91. The van der Waals surface area contributed by atoms with Crippen molar-refractivity contribution < 1.29 is 0 Å². The van der Waals surface area contributed by atoms with Crippen LogP contribution in [0.2, 0.25) is 0 Å². The van der Waals surface area contributed by atoms with E-state index in [-0.39, 0.29) is 24.0 Å². The molecule has 2 heterocycles. The zero-order valence-corrected chi connectivity index (χ0v) is 16.4. The molecule has 7 heteroatoms. The van der Waals surface area contributed by atoms with Gasteiger partial charge in [0.1, 0.15) is 0 Å². The molecule has 0 aromatic carbocycles. The topological polar surface area (TPSA) is 49.3 Å². The Labute approximate surface area is 151 Å². The van der Waals surface area contributed by atoms with Crippen LogP contribution in [-0.2, 0) is 13.0 Å². The number of hydrogen-bond donors (Lipinski definition) is 2. The molecule has 0 spiro atoms. The van der Waals surface area contributed by atoms with E-state index < -0.39 is 0 Å². The third-order valence-electron chi connectivity index (χ3n) is 2.94. The molecular formula is C14H21IN4S2. The first-order valence-electron chi connectivity index (χ1n) is 6.59. The van der Waals surface area contributed by atoms with Crippen molar-refractivity contribution in [1.82, 2.24) is 15.6 Å². The largest absolute Gasteiger partial charge is 0.356 e. The SMILES string of the molecule is CN=C(NCCc1nc(C)c(C)s1)NCc1cccs1.I. The number of nitrogens with zero attached hydrogens (tertiary/aromatic N) is 2. The summed E-state index contributed by atoms with van der Waals surface area (Å²) < 4.78 is 0. The van der Waals surface area contributed by atoms with E-state index in [2.05, 4.69) is 52.0 Å². The molecule has 0 saturated carbocycles. The molecule has 116 valence electrons. The van der Waals surface area contributed by atoms with Gasteiger partial charge in [0.05, 0.1) is 17.2 Å². The lowest BCUT2D eigenvalue weighted by molar-refractivity contribution is 0.795. The summed E-state index contributed by atoms with van der Waals surface area (Å²) in [7, 11) is 1.79. The van der Waals surface area contributed by atoms with E-state index in [1.807, 2.05) is 0 Å². The lowest BCUT2D eigenvalue weighted by Gasteiger charge is -2.10. The first-order chi connectivity index (χ1) is 9.69. The summed E-state index contributed by atoms with van der Waals surface area (Å²) >= 11 is 3.52. The Morgan fingerprint density at radius 3 is 2.71 bits per heavy atom. The highest BCUT2D eigenvalue weighted by Crippen LogP contribution is 2.16. The van der Waals surface area contributed by atoms with Crippen LogP contribution in [0.4, 0.5) is 0 Å². The summed E-state index contributed by atoms with van der Waals surface area (Å²) in [4.78, 5) is 11.4. The van der Waals surface area contributed by atoms with Crippen LogP contribution in [0.5, 0.6) is 0 Å². The van der Waals surface area contributed by atoms with E-state index in [1.54, 1.807) is 29.7 Å². The molecule has 0 saturated heterocycles. The van der Waals surface area contributed by atoms with Crippen LogP contribution >= 0.6 is 46.7 Å². The smallest absolute Gasteiger partial charge is 0.191 e. The van der Waals surface area contributed by atoms with Crippen molar-refractivity contribution in [3.05, 3.63) is 38.0 Å². The molecule has 2 N–H and O–H groups in total. The Kier molecular flexibility index (Phi) is 8.20. The fraction of sp³-hybridized carbons (Fsp3) is 0.429. The van der Waals surface area contributed by atoms with E-state index in [4.69, 9.17) is 0 Å². The molecule has 0 radical (unpaired) electrons. The number of nitrogens with one attached hydrogen (secondary N) is 2. The van der Waals surface area contributed by atoms with Gasteiger partial charge >= 0.3 is 0 Å². The van der Waals surface area contributed by atoms with E-state index in [1.165, 1.54) is 14.8 Å². The van der Waals surface area contributed by atoms with Crippen molar-refractivity contribution >= 4 is 52.6 Å². The van der Waals surface area contributed by atoms with Gasteiger partial charge in [0.2, 0.25) is 0 Å². The second kappa shape index (κ2) is 9.37. The van der Waals surface area contributed by atoms with Gasteiger partial charge in [-0.1, -0.05) is 6.07 Å². The molecular weight excluding hydrogens is 415 g/mol. The summed E-state index contributed by atoms with van der Waals surface area (Å²) in [6.45, 7) is 5.83. The summed E-state index contributed by atoms with van der Waals surface area (Å²) in [6, 6.07) is 4.18. The predicted molar refractivity (Wildman–Crippen MR) is 103 cm³/mol. The van der Waals surface area contributed by atoms with E-state index in [9.17, 15) is 0 Å². The minimum absolute atomic E-state index is 0. The quantitative estimate of drug-likeness (QED) is 0.430. The fourth-order valence-corrected chi connectivity index (χ4v) is 3.32. The van der Waals surface area contributed by atoms with Crippen LogP contribution in [0.25, 0.3) is 0 Å². The highest BCUT2D eigenvalue weighted by molar-refractivity contribution is 14.0. The Morgan fingerprint density at radius 2 is 2.14 bits per heavy atom. The molecule has 21 heavy (non-hydrogen) atoms. The molecule has 2 aromatic rings. The molecule has 2 rings (SSSR count). The molecule has 0 aliphatic rings. The minimum atomic E-state index is 0. The van der Waals surface area contributed by atoms with E-state index in [0.29, 0.717) is 0 Å². The summed E-state index contributed by atoms with van der Waals surface area (Å²) in [5.41, 5.74) is 1.14. The number of guanidine groups is 1. The maximum absolute atomic E-state index is 4.54. The molecule has 0 aliphatic heterocycles. The van der Waals surface area contributed by atoms with Gasteiger partial charge in [0.15, 0.2) is 5.96 Å². The Morgan fingerprint density at radius 1 is 1.33 bits per heavy atom. The van der Waals surface area contributed by atoms with Gasteiger partial charge in [-0.15, -0.1) is 46.7 Å². The molecule has 0 unspecified atom stereocenters. The number of thiazole rings is 1. The fourth-order valence-electron chi connectivity index (χ4n) is 1.74. The number of aliphatic imine (C=N–C) groups is 1. The van der Waals surface area contributed by atoms with Gasteiger partial charge < -0.3 is 10.6 Å². The maximum Gasteiger partial charge on any atom is 0.191 e. The number of halogens is 1. The zero-order chi connectivity index (χ0) is 14.4. The van der Waals surface area contributed by atoms with Crippen LogP contribution in [0.15, 0.2) is 22.5 Å². The van der Waals surface area contributed by atoms with Crippen LogP contribution in [0.3, 0.4) is 0 Å². The molecule has 4 nitrogen and oxygen atoms in total. The second-order valence-electron chi connectivity index (χ2n) is 4.43. The number of hydrogen-bond acceptors (Lipinski definition) is 4. The molecule has 0 bridgehead atoms. The summed E-state index contributed by atoms with van der Waals surface area (Å²) in [5, 5.41) is 9.89. The van der Waals surface area contributed by atoms with Gasteiger partial charge in [0, 0.05) is 29.8 Å². The van der Waals surface area contributed by atoms with Gasteiger partial charge in [-0.05, 0) is 25.3 Å². The molecule has 0 amide bonds. The van der Waals surface area contributed by atoms with Crippen molar-refractivity contribution in [2.45, 2.75) is 26.8 Å². The number of aryl methyl sites for hydroxylation is 2. The normalized spacial score (nSPS) is 11.1. The molecule has 0 fully saturated rings. The van der Waals surface area contributed by atoms with Gasteiger partial charge in [-0.2, -0.15) is 0 Å². The monoisotopic (exact) mass is 436 g/mol. The highest BCUT2D eigenvalue weighted by Gasteiger charge is 2.04. The van der Waals surface area contributed by atoms with Crippen LogP contribution in [-0.4, -0.2) is 24.5 Å². The lowest BCUT2D eigenvalue weighted by Crippen LogP contribution is -2.37. The summed E-state index contributed by atoms with van der Waals surface area (Å²) in [5.74, 6) is 0.836. The van der Waals surface area contributed by atoms with Crippen molar-refractivity contribution in [3.8, 4) is 0 Å². The summed E-state index contributed by atoms with van der Waals surface area (Å²) in [6.07, 6.45) is 0.930. The number of thiophene rings is 1. The van der Waals surface area contributed by atoms with E-state index >= 15 is 0 Å². The zero-order valence-electron chi connectivity index (χ0n) is 12.5. The number of aromatic nitrogens is 1. The van der Waals surface area contributed by atoms with Crippen LogP contribution in [0, 0.1) is 13.8 Å². The average molecular weight is 436 g/mol. The van der Waals surface area contributed by atoms with Crippen molar-refractivity contribution in [1.29, 1.82) is 0 Å².